The number of carbonyl (C=O) groups is 1. The molecule has 0 unspecified atom stereocenters. The number of piperidine rings is 1. The molecule has 2 N–H and O–H groups in total. The Labute approximate surface area is 204 Å². The highest BCUT2D eigenvalue weighted by molar-refractivity contribution is 5.90. The average molecular weight is 510 g/mol. The molecule has 0 bridgehead atoms. The molecular formula is C25H26F4N2O5. The number of hydrogen-bond donors (Lipinski definition) is 2. The first-order chi connectivity index (χ1) is 17.0. The van der Waals surface area contributed by atoms with Crippen LogP contribution >= 0.6 is 0 Å². The fourth-order valence-electron chi connectivity index (χ4n) is 3.84. The van der Waals surface area contributed by atoms with Gasteiger partial charge in [-0.15, -0.1) is 0 Å². The monoisotopic (exact) mass is 510 g/mol. The van der Waals surface area contributed by atoms with Crippen LogP contribution in [-0.4, -0.2) is 48.4 Å². The van der Waals surface area contributed by atoms with Crippen LogP contribution in [-0.2, 0) is 11.3 Å². The maximum absolute atomic E-state index is 13.8. The number of carboxylic acids is 1. The van der Waals surface area contributed by atoms with Crippen molar-refractivity contribution in [2.24, 2.45) is 0 Å². The lowest BCUT2D eigenvalue weighted by atomic mass is 10.0. The quantitative estimate of drug-likeness (QED) is 0.370. The van der Waals surface area contributed by atoms with Crippen molar-refractivity contribution in [2.75, 3.05) is 25.5 Å². The zero-order valence-corrected chi connectivity index (χ0v) is 19.7. The minimum absolute atomic E-state index is 0.149. The lowest BCUT2D eigenvalue weighted by Gasteiger charge is -2.33. The summed E-state index contributed by atoms with van der Waals surface area (Å²) in [5.74, 6) is -2.19. The summed E-state index contributed by atoms with van der Waals surface area (Å²) in [6, 6.07) is 12.6. The zero-order valence-electron chi connectivity index (χ0n) is 19.7. The Morgan fingerprint density at radius 1 is 1.17 bits per heavy atom. The number of alkyl halides is 3. The van der Waals surface area contributed by atoms with Gasteiger partial charge >= 0.3 is 17.8 Å². The Morgan fingerprint density at radius 3 is 2.42 bits per heavy atom. The van der Waals surface area contributed by atoms with E-state index in [1.165, 1.54) is 6.07 Å². The van der Waals surface area contributed by atoms with E-state index in [9.17, 15) is 22.4 Å². The van der Waals surface area contributed by atoms with Crippen molar-refractivity contribution in [1.29, 1.82) is 0 Å². The van der Waals surface area contributed by atoms with Crippen LogP contribution in [0.1, 0.15) is 24.0 Å². The molecule has 0 spiro atoms. The van der Waals surface area contributed by atoms with E-state index in [1.807, 2.05) is 18.2 Å². The summed E-state index contributed by atoms with van der Waals surface area (Å²) in [5, 5.41) is 11.5. The molecule has 0 aliphatic carbocycles. The van der Waals surface area contributed by atoms with Crippen LogP contribution in [0.25, 0.3) is 11.0 Å². The Kier molecular flexibility index (Phi) is 8.57. The van der Waals surface area contributed by atoms with Crippen LogP contribution in [0.4, 0.5) is 23.2 Å². The summed E-state index contributed by atoms with van der Waals surface area (Å²) in [6.45, 7) is 4.35. The summed E-state index contributed by atoms with van der Waals surface area (Å²) in [6.07, 6.45) is -3.19. The Bertz CT molecular complexity index is 1270. The number of fused-ring (bicyclic) bond motifs is 1. The number of methoxy groups -OCH3 is 1. The second-order valence-corrected chi connectivity index (χ2v) is 8.42. The maximum Gasteiger partial charge on any atom is 0.490 e. The normalized spacial score (nSPS) is 14.7. The van der Waals surface area contributed by atoms with Gasteiger partial charge in [0.1, 0.15) is 17.1 Å². The van der Waals surface area contributed by atoms with Crippen molar-refractivity contribution < 1.29 is 36.6 Å². The van der Waals surface area contributed by atoms with Gasteiger partial charge < -0.3 is 19.6 Å². The fourth-order valence-corrected chi connectivity index (χ4v) is 3.84. The van der Waals surface area contributed by atoms with Gasteiger partial charge in [-0.1, -0.05) is 12.1 Å². The number of hydrogen-bond acceptors (Lipinski definition) is 6. The molecule has 1 aromatic heterocycles. The third-order valence-corrected chi connectivity index (χ3v) is 5.78. The molecule has 0 atom stereocenters. The number of aryl methyl sites for hydroxylation is 1. The smallest absolute Gasteiger partial charge is 0.490 e. The largest absolute Gasteiger partial charge is 0.497 e. The molecule has 7 nitrogen and oxygen atoms in total. The van der Waals surface area contributed by atoms with Gasteiger partial charge in [-0.3, -0.25) is 4.90 Å². The molecule has 11 heteroatoms. The molecule has 0 radical (unpaired) electrons. The van der Waals surface area contributed by atoms with E-state index in [1.54, 1.807) is 32.2 Å². The molecule has 2 aromatic carbocycles. The van der Waals surface area contributed by atoms with Gasteiger partial charge in [0.25, 0.3) is 0 Å². The molecule has 194 valence electrons. The van der Waals surface area contributed by atoms with Gasteiger partial charge in [-0.2, -0.15) is 13.2 Å². The molecule has 1 aliphatic heterocycles. The Morgan fingerprint density at radius 2 is 1.83 bits per heavy atom. The predicted molar refractivity (Wildman–Crippen MR) is 126 cm³/mol. The summed E-state index contributed by atoms with van der Waals surface area (Å²) in [7, 11) is 1.61. The van der Waals surface area contributed by atoms with E-state index in [2.05, 4.69) is 10.2 Å². The number of halogens is 4. The summed E-state index contributed by atoms with van der Waals surface area (Å²) >= 11 is 0. The zero-order chi connectivity index (χ0) is 26.5. The summed E-state index contributed by atoms with van der Waals surface area (Å²) < 4.78 is 56.1. The van der Waals surface area contributed by atoms with Gasteiger partial charge in [-0.05, 0) is 55.2 Å². The van der Waals surface area contributed by atoms with Crippen molar-refractivity contribution >= 4 is 22.6 Å². The van der Waals surface area contributed by atoms with Crippen molar-refractivity contribution in [2.45, 2.75) is 38.5 Å². The lowest BCUT2D eigenvalue weighted by Crippen LogP contribution is -2.38. The van der Waals surface area contributed by atoms with Crippen molar-refractivity contribution in [3.8, 4) is 5.75 Å². The van der Waals surface area contributed by atoms with Gasteiger partial charge in [0.15, 0.2) is 0 Å². The number of aliphatic carboxylic acids is 1. The Balaban J connectivity index is 0.000000454. The van der Waals surface area contributed by atoms with Crippen LogP contribution < -0.4 is 15.7 Å². The SMILES string of the molecule is COc1ccc2oc(=O)cc(NC3CCN(Cc4ccc(C)c(F)c4)CC3)c2c1.O=C(O)C(F)(F)F. The van der Waals surface area contributed by atoms with E-state index in [0.717, 1.165) is 54.9 Å². The van der Waals surface area contributed by atoms with Crippen LogP contribution in [0.3, 0.4) is 0 Å². The highest BCUT2D eigenvalue weighted by Gasteiger charge is 2.38. The summed E-state index contributed by atoms with van der Waals surface area (Å²) in [5.41, 5.74) is 2.61. The molecule has 0 saturated carbocycles. The number of rotatable bonds is 5. The molecule has 3 aromatic rings. The van der Waals surface area contributed by atoms with Gasteiger partial charge in [0.2, 0.25) is 0 Å². The van der Waals surface area contributed by atoms with Crippen LogP contribution in [0.5, 0.6) is 5.75 Å². The third-order valence-electron chi connectivity index (χ3n) is 5.78. The molecule has 1 fully saturated rings. The van der Waals surface area contributed by atoms with E-state index in [4.69, 9.17) is 19.1 Å². The number of ether oxygens (including phenoxy) is 1. The van der Waals surface area contributed by atoms with Crippen LogP contribution in [0.2, 0.25) is 0 Å². The second kappa shape index (κ2) is 11.4. The first-order valence-electron chi connectivity index (χ1n) is 11.1. The van der Waals surface area contributed by atoms with E-state index in [0.29, 0.717) is 11.1 Å². The van der Waals surface area contributed by atoms with E-state index >= 15 is 0 Å². The number of benzene rings is 2. The predicted octanol–water partition coefficient (Wildman–Crippen LogP) is 4.96. The fraction of sp³-hybridized carbons (Fsp3) is 0.360. The molecule has 1 saturated heterocycles. The number of anilines is 1. The van der Waals surface area contributed by atoms with E-state index in [-0.39, 0.29) is 17.5 Å². The molecule has 1 aliphatic rings. The molecule has 36 heavy (non-hydrogen) atoms. The first-order valence-corrected chi connectivity index (χ1v) is 11.1. The van der Waals surface area contributed by atoms with Crippen LogP contribution in [0.15, 0.2) is 51.7 Å². The second-order valence-electron chi connectivity index (χ2n) is 8.42. The lowest BCUT2D eigenvalue weighted by molar-refractivity contribution is -0.192. The van der Waals surface area contributed by atoms with Gasteiger partial charge in [0.05, 0.1) is 12.8 Å². The number of nitrogens with one attached hydrogen (secondary N) is 1. The minimum atomic E-state index is -5.08. The molecule has 4 rings (SSSR count). The minimum Gasteiger partial charge on any atom is -0.497 e. The van der Waals surface area contributed by atoms with Gasteiger partial charge in [-0.25, -0.2) is 14.0 Å². The molecule has 0 amide bonds. The maximum atomic E-state index is 13.8. The standard InChI is InChI=1S/C23H25FN2O3.C2HF3O2/c1-15-3-4-16(11-20(15)24)14-26-9-7-17(8-10-26)25-21-13-23(27)29-22-6-5-18(28-2)12-19(21)22;3-2(4,5)1(6)7/h3-6,11-13,17,25H,7-10,14H2,1-2H3;(H,6,7). The number of likely N-dealkylation sites (tertiary alicyclic amines) is 1. The number of carboxylic acid groups (broad SMARTS) is 1. The highest BCUT2D eigenvalue weighted by Crippen LogP contribution is 2.28. The van der Waals surface area contributed by atoms with Crippen molar-refractivity contribution in [3.63, 3.8) is 0 Å². The highest BCUT2D eigenvalue weighted by atomic mass is 19.4. The first kappa shape index (κ1) is 27.0. The molecule has 2 heterocycles. The van der Waals surface area contributed by atoms with Gasteiger partial charge in [0, 0.05) is 37.1 Å². The molecular weight excluding hydrogens is 484 g/mol. The van der Waals surface area contributed by atoms with Crippen molar-refractivity contribution in [1.82, 2.24) is 4.90 Å². The van der Waals surface area contributed by atoms with Crippen LogP contribution in [0, 0.1) is 12.7 Å². The van der Waals surface area contributed by atoms with Crippen molar-refractivity contribution in [3.05, 3.63) is 69.8 Å². The average Bonchev–Trinajstić information content (AvgIpc) is 2.82. The Hall–Kier alpha value is -3.60. The topological polar surface area (TPSA) is 92.0 Å². The number of nitrogens with zero attached hydrogens (tertiary/aromatic N) is 1. The summed E-state index contributed by atoms with van der Waals surface area (Å²) in [4.78, 5) is 23.2. The third kappa shape index (κ3) is 7.20. The van der Waals surface area contributed by atoms with E-state index < -0.39 is 12.1 Å².